The van der Waals surface area contributed by atoms with Gasteiger partial charge in [0, 0.05) is 6.07 Å². The summed E-state index contributed by atoms with van der Waals surface area (Å²) in [6, 6.07) is 1.73. The molecule has 6 heteroatoms. The van der Waals surface area contributed by atoms with Gasteiger partial charge in [-0.15, -0.1) is 5.54 Å². The van der Waals surface area contributed by atoms with E-state index in [2.05, 4.69) is 46.1 Å². The highest BCUT2D eigenvalue weighted by atomic mass is 28.3. The van der Waals surface area contributed by atoms with Gasteiger partial charge in [0.2, 0.25) is 11.8 Å². The van der Waals surface area contributed by atoms with Gasteiger partial charge in [-0.05, 0) is 0 Å². The normalized spacial score (nSPS) is 10.8. The first-order chi connectivity index (χ1) is 8.44. The third-order valence-electron chi connectivity index (χ3n) is 1.96. The summed E-state index contributed by atoms with van der Waals surface area (Å²) < 4.78 is 5.18. The van der Waals surface area contributed by atoms with Crippen molar-refractivity contribution in [1.82, 2.24) is 15.0 Å². The maximum absolute atomic E-state index is 5.66. The fourth-order valence-electron chi connectivity index (χ4n) is 1.24. The molecule has 0 aliphatic heterocycles. The van der Waals surface area contributed by atoms with Gasteiger partial charge in [-0.25, -0.2) is 15.0 Å². The molecule has 0 unspecified atom stereocenters. The average molecular weight is 258 g/mol. The Labute approximate surface area is 106 Å². The Bertz CT molecular complexity index is 605. The van der Waals surface area contributed by atoms with Crippen LogP contribution in [0.2, 0.25) is 19.6 Å². The molecule has 2 aromatic rings. The summed E-state index contributed by atoms with van der Waals surface area (Å²) in [6.45, 7) is 6.50. The Morgan fingerprint density at radius 1 is 1.28 bits per heavy atom. The molecule has 0 bridgehead atoms. The van der Waals surface area contributed by atoms with E-state index in [1.54, 1.807) is 12.3 Å². The second-order valence-electron chi connectivity index (χ2n) is 4.83. The number of aromatic nitrogens is 3. The number of nitrogens with zero attached hydrogens (tertiary/aromatic N) is 3. The van der Waals surface area contributed by atoms with Crippen molar-refractivity contribution < 1.29 is 4.42 Å². The average Bonchev–Trinajstić information content (AvgIpc) is 2.78. The van der Waals surface area contributed by atoms with Crippen LogP contribution in [0, 0.1) is 11.5 Å². The minimum atomic E-state index is -1.44. The standard InChI is InChI=1S/C12H14N4OSi/c1-18(2,3)7-4-9-8-10(16-12(13)15-9)11-14-5-6-17-11/h5-6,8H,1-3H3,(H2,13,15,16). The predicted octanol–water partition coefficient (Wildman–Crippen LogP) is 1.94. The molecule has 0 radical (unpaired) electrons. The monoisotopic (exact) mass is 258 g/mol. The largest absolute Gasteiger partial charge is 0.443 e. The first-order valence-electron chi connectivity index (χ1n) is 5.52. The summed E-state index contributed by atoms with van der Waals surface area (Å²) in [5, 5.41) is 0. The number of anilines is 1. The molecule has 2 aromatic heterocycles. The molecule has 5 nitrogen and oxygen atoms in total. The van der Waals surface area contributed by atoms with Crippen molar-refractivity contribution in [2.45, 2.75) is 19.6 Å². The van der Waals surface area contributed by atoms with Crippen molar-refractivity contribution in [3.63, 3.8) is 0 Å². The molecule has 0 atom stereocenters. The molecule has 0 amide bonds. The number of hydrogen-bond donors (Lipinski definition) is 1. The van der Waals surface area contributed by atoms with Crippen LogP contribution >= 0.6 is 0 Å². The van der Waals surface area contributed by atoms with E-state index in [0.717, 1.165) is 0 Å². The van der Waals surface area contributed by atoms with E-state index in [0.29, 0.717) is 17.3 Å². The van der Waals surface area contributed by atoms with Gasteiger partial charge in [0.15, 0.2) is 0 Å². The van der Waals surface area contributed by atoms with Crippen molar-refractivity contribution in [2.24, 2.45) is 0 Å². The van der Waals surface area contributed by atoms with E-state index in [1.807, 2.05) is 0 Å². The van der Waals surface area contributed by atoms with Crippen LogP contribution in [0.1, 0.15) is 5.69 Å². The minimum Gasteiger partial charge on any atom is -0.443 e. The lowest BCUT2D eigenvalue weighted by Gasteiger charge is -2.03. The molecule has 0 saturated carbocycles. The molecular weight excluding hydrogens is 244 g/mol. The van der Waals surface area contributed by atoms with Crippen molar-refractivity contribution in [3.8, 4) is 23.0 Å². The summed E-state index contributed by atoms with van der Waals surface area (Å²) in [4.78, 5) is 12.2. The Morgan fingerprint density at radius 2 is 2.06 bits per heavy atom. The van der Waals surface area contributed by atoms with E-state index < -0.39 is 8.07 Å². The molecule has 2 heterocycles. The van der Waals surface area contributed by atoms with Gasteiger partial charge in [0.05, 0.1) is 6.20 Å². The summed E-state index contributed by atoms with van der Waals surface area (Å²) in [7, 11) is -1.44. The summed E-state index contributed by atoms with van der Waals surface area (Å²) in [5.41, 5.74) is 10.0. The van der Waals surface area contributed by atoms with Crippen LogP contribution in [0.4, 0.5) is 5.95 Å². The van der Waals surface area contributed by atoms with Crippen LogP contribution in [0.5, 0.6) is 0 Å². The lowest BCUT2D eigenvalue weighted by atomic mass is 10.3. The molecule has 92 valence electrons. The highest BCUT2D eigenvalue weighted by molar-refractivity contribution is 6.83. The smallest absolute Gasteiger partial charge is 0.245 e. The zero-order valence-corrected chi connectivity index (χ0v) is 11.6. The Balaban J connectivity index is 2.41. The van der Waals surface area contributed by atoms with Crippen molar-refractivity contribution in [1.29, 1.82) is 0 Å². The Morgan fingerprint density at radius 3 is 2.67 bits per heavy atom. The Hall–Kier alpha value is -2.13. The van der Waals surface area contributed by atoms with Gasteiger partial charge < -0.3 is 10.2 Å². The summed E-state index contributed by atoms with van der Waals surface area (Å²) >= 11 is 0. The summed E-state index contributed by atoms with van der Waals surface area (Å²) in [6.07, 6.45) is 3.04. The number of nitrogens with two attached hydrogens (primary N) is 1. The first-order valence-corrected chi connectivity index (χ1v) is 9.02. The fraction of sp³-hybridized carbons (Fsp3) is 0.250. The van der Waals surface area contributed by atoms with Gasteiger partial charge in [0.25, 0.3) is 0 Å². The molecule has 0 fully saturated rings. The van der Waals surface area contributed by atoms with Crippen LogP contribution in [0.15, 0.2) is 22.9 Å². The van der Waals surface area contributed by atoms with Crippen molar-refractivity contribution >= 4 is 14.0 Å². The first kappa shape index (κ1) is 12.3. The number of hydrogen-bond acceptors (Lipinski definition) is 5. The summed E-state index contributed by atoms with van der Waals surface area (Å²) in [5.74, 6) is 3.63. The van der Waals surface area contributed by atoms with Crippen LogP contribution in [0.3, 0.4) is 0 Å². The van der Waals surface area contributed by atoms with Gasteiger partial charge in [0.1, 0.15) is 25.7 Å². The second-order valence-corrected chi connectivity index (χ2v) is 9.58. The third kappa shape index (κ3) is 3.18. The third-order valence-corrected chi connectivity index (χ3v) is 2.84. The van der Waals surface area contributed by atoms with Crippen LogP contribution in [-0.2, 0) is 0 Å². The number of nitrogen functional groups attached to an aromatic ring is 1. The lowest BCUT2D eigenvalue weighted by molar-refractivity contribution is 0.572. The van der Waals surface area contributed by atoms with E-state index in [9.17, 15) is 0 Å². The van der Waals surface area contributed by atoms with Gasteiger partial charge in [-0.3, -0.25) is 0 Å². The van der Waals surface area contributed by atoms with Gasteiger partial charge >= 0.3 is 0 Å². The molecule has 0 saturated heterocycles. The Kier molecular flexibility index (Phi) is 3.17. The lowest BCUT2D eigenvalue weighted by Crippen LogP contribution is -2.16. The molecule has 2 N–H and O–H groups in total. The maximum atomic E-state index is 5.66. The van der Waals surface area contributed by atoms with Crippen LogP contribution in [0.25, 0.3) is 11.6 Å². The molecule has 0 aromatic carbocycles. The van der Waals surface area contributed by atoms with Gasteiger partial charge in [-0.1, -0.05) is 25.6 Å². The maximum Gasteiger partial charge on any atom is 0.245 e. The van der Waals surface area contributed by atoms with Crippen molar-refractivity contribution in [3.05, 3.63) is 24.2 Å². The zero-order valence-electron chi connectivity index (χ0n) is 10.6. The van der Waals surface area contributed by atoms with Crippen LogP contribution in [-0.4, -0.2) is 23.0 Å². The molecule has 2 rings (SSSR count). The highest BCUT2D eigenvalue weighted by Gasteiger charge is 2.10. The van der Waals surface area contributed by atoms with E-state index >= 15 is 0 Å². The van der Waals surface area contributed by atoms with Crippen molar-refractivity contribution in [2.75, 3.05) is 5.73 Å². The quantitative estimate of drug-likeness (QED) is 0.624. The molecule has 0 aliphatic carbocycles. The second kappa shape index (κ2) is 4.62. The fourth-order valence-corrected chi connectivity index (χ4v) is 1.74. The van der Waals surface area contributed by atoms with E-state index in [-0.39, 0.29) is 5.95 Å². The van der Waals surface area contributed by atoms with E-state index in [4.69, 9.17) is 10.2 Å². The van der Waals surface area contributed by atoms with Gasteiger partial charge in [-0.2, -0.15) is 0 Å². The predicted molar refractivity (Wildman–Crippen MR) is 72.2 cm³/mol. The zero-order chi connectivity index (χ0) is 13.2. The topological polar surface area (TPSA) is 77.8 Å². The number of oxazole rings is 1. The molecular formula is C12H14N4OSi. The number of rotatable bonds is 1. The van der Waals surface area contributed by atoms with E-state index in [1.165, 1.54) is 6.26 Å². The molecule has 18 heavy (non-hydrogen) atoms. The minimum absolute atomic E-state index is 0.172. The van der Waals surface area contributed by atoms with Crippen LogP contribution < -0.4 is 5.73 Å². The SMILES string of the molecule is C[Si](C)(C)C#Cc1cc(-c2ncco2)nc(N)n1. The highest BCUT2D eigenvalue weighted by Crippen LogP contribution is 2.15. The molecule has 0 aliphatic rings. The molecule has 0 spiro atoms.